The zero-order valence-corrected chi connectivity index (χ0v) is 11.1. The van der Waals surface area contributed by atoms with E-state index < -0.39 is 0 Å². The Morgan fingerprint density at radius 2 is 2.29 bits per heavy atom. The third kappa shape index (κ3) is 3.12. The summed E-state index contributed by atoms with van der Waals surface area (Å²) in [6.07, 6.45) is 2.84. The highest BCUT2D eigenvalue weighted by molar-refractivity contribution is 9.09. The van der Waals surface area contributed by atoms with Crippen molar-refractivity contribution in [1.29, 1.82) is 0 Å². The van der Waals surface area contributed by atoms with Crippen LogP contribution in [0.1, 0.15) is 29.4 Å². The summed E-state index contributed by atoms with van der Waals surface area (Å²) in [5.41, 5.74) is 1.79. The monoisotopic (exact) mass is 297 g/mol. The minimum absolute atomic E-state index is 0.226. The number of hydrogen-bond acceptors (Lipinski definition) is 2. The lowest BCUT2D eigenvalue weighted by atomic mass is 10.2. The van der Waals surface area contributed by atoms with E-state index in [1.54, 1.807) is 10.7 Å². The Hall–Kier alpha value is -1.23. The van der Waals surface area contributed by atoms with Crippen LogP contribution in [0.25, 0.3) is 0 Å². The van der Waals surface area contributed by atoms with Crippen LogP contribution in [-0.2, 0) is 6.54 Å². The molecule has 0 aliphatic heterocycles. The molecule has 0 aliphatic carbocycles. The van der Waals surface area contributed by atoms with Crippen molar-refractivity contribution in [2.45, 2.75) is 24.7 Å². The zero-order valence-electron chi connectivity index (χ0n) is 9.48. The summed E-state index contributed by atoms with van der Waals surface area (Å²) in [4.78, 5) is 0.226. The van der Waals surface area contributed by atoms with Crippen molar-refractivity contribution < 1.29 is 4.39 Å². The van der Waals surface area contributed by atoms with Crippen LogP contribution in [0.5, 0.6) is 0 Å². The first-order chi connectivity index (χ1) is 8.19. The average Bonchev–Trinajstić information content (AvgIpc) is 2.76. The molecule has 0 amide bonds. The van der Waals surface area contributed by atoms with Crippen LogP contribution in [0.2, 0.25) is 0 Å². The molecule has 0 bridgehead atoms. The van der Waals surface area contributed by atoms with Gasteiger partial charge in [0.1, 0.15) is 5.82 Å². The molecule has 2 aromatic rings. The van der Waals surface area contributed by atoms with E-state index in [0.717, 1.165) is 17.7 Å². The molecule has 0 spiro atoms. The van der Waals surface area contributed by atoms with E-state index in [4.69, 9.17) is 0 Å². The Balaban J connectivity index is 2.11. The quantitative estimate of drug-likeness (QED) is 0.811. The van der Waals surface area contributed by atoms with Crippen molar-refractivity contribution in [3.05, 3.63) is 47.5 Å². The number of rotatable bonds is 4. The maximum absolute atomic E-state index is 13.0. The Kier molecular flexibility index (Phi) is 3.89. The predicted octanol–water partition coefficient (Wildman–Crippen LogP) is 3.31. The molecule has 90 valence electrons. The maximum atomic E-state index is 13.0. The van der Waals surface area contributed by atoms with Gasteiger partial charge in [-0.25, -0.2) is 9.07 Å². The number of hydrogen-bond donors (Lipinski definition) is 0. The number of aromatic nitrogens is 3. The van der Waals surface area contributed by atoms with Crippen molar-refractivity contribution >= 4 is 15.9 Å². The van der Waals surface area contributed by atoms with Gasteiger partial charge in [-0.3, -0.25) is 0 Å². The van der Waals surface area contributed by atoms with Gasteiger partial charge in [0, 0.05) is 6.20 Å². The highest BCUT2D eigenvalue weighted by atomic mass is 79.9. The van der Waals surface area contributed by atoms with Gasteiger partial charge in [-0.2, -0.15) is 0 Å². The summed E-state index contributed by atoms with van der Waals surface area (Å²) < 4.78 is 14.7. The molecule has 0 aliphatic rings. The summed E-state index contributed by atoms with van der Waals surface area (Å²) in [5, 5.41) is 8.10. The van der Waals surface area contributed by atoms with Gasteiger partial charge in [0.15, 0.2) is 0 Å². The Bertz CT molecular complexity index is 498. The van der Waals surface area contributed by atoms with Gasteiger partial charge < -0.3 is 0 Å². The second kappa shape index (κ2) is 5.40. The Labute approximate surface area is 108 Å². The minimum Gasteiger partial charge on any atom is -0.248 e. The van der Waals surface area contributed by atoms with Gasteiger partial charge in [0.05, 0.1) is 17.1 Å². The molecule has 5 heteroatoms. The van der Waals surface area contributed by atoms with Crippen LogP contribution < -0.4 is 0 Å². The van der Waals surface area contributed by atoms with Crippen LogP contribution in [0.4, 0.5) is 4.39 Å². The van der Waals surface area contributed by atoms with Gasteiger partial charge in [0.2, 0.25) is 0 Å². The molecular weight excluding hydrogens is 285 g/mol. The van der Waals surface area contributed by atoms with Gasteiger partial charge in [-0.1, -0.05) is 40.2 Å². The normalized spacial score (nSPS) is 12.6. The van der Waals surface area contributed by atoms with Crippen LogP contribution >= 0.6 is 15.9 Å². The summed E-state index contributed by atoms with van der Waals surface area (Å²) in [6, 6.07) is 6.51. The third-order valence-corrected chi connectivity index (χ3v) is 3.59. The van der Waals surface area contributed by atoms with E-state index in [0.29, 0.717) is 6.54 Å². The second-order valence-corrected chi connectivity index (χ2v) is 4.95. The molecule has 17 heavy (non-hydrogen) atoms. The molecule has 0 saturated heterocycles. The lowest BCUT2D eigenvalue weighted by molar-refractivity contribution is 0.614. The summed E-state index contributed by atoms with van der Waals surface area (Å²) in [5.74, 6) is -0.227. The number of nitrogens with zero attached hydrogens (tertiary/aromatic N) is 3. The standard InChI is InChI=1S/C12H13BrFN3/c1-2-11(13)12-8-17(16-15-12)7-9-4-3-5-10(14)6-9/h3-6,8,11H,2,7H2,1H3. The lowest BCUT2D eigenvalue weighted by Gasteiger charge is -2.01. The molecule has 1 unspecified atom stereocenters. The fourth-order valence-electron chi connectivity index (χ4n) is 1.57. The zero-order chi connectivity index (χ0) is 12.3. The molecule has 0 N–H and O–H groups in total. The van der Waals surface area contributed by atoms with E-state index in [-0.39, 0.29) is 10.6 Å². The van der Waals surface area contributed by atoms with Crippen molar-refractivity contribution in [2.75, 3.05) is 0 Å². The summed E-state index contributed by atoms with van der Waals surface area (Å²) in [6.45, 7) is 2.61. The van der Waals surface area contributed by atoms with Gasteiger partial charge >= 0.3 is 0 Å². The van der Waals surface area contributed by atoms with Crippen LogP contribution in [-0.4, -0.2) is 15.0 Å². The lowest BCUT2D eigenvalue weighted by Crippen LogP contribution is -2.00. The van der Waals surface area contributed by atoms with E-state index in [2.05, 4.69) is 33.2 Å². The molecular formula is C12H13BrFN3. The summed E-state index contributed by atoms with van der Waals surface area (Å²) >= 11 is 3.52. The molecule has 0 radical (unpaired) electrons. The fourth-order valence-corrected chi connectivity index (χ4v) is 1.78. The molecule has 1 atom stereocenters. The first-order valence-electron chi connectivity index (χ1n) is 5.47. The predicted molar refractivity (Wildman–Crippen MR) is 67.5 cm³/mol. The van der Waals surface area contributed by atoms with E-state index in [9.17, 15) is 4.39 Å². The van der Waals surface area contributed by atoms with E-state index in [1.807, 2.05) is 12.3 Å². The second-order valence-electron chi connectivity index (χ2n) is 3.85. The molecule has 0 fully saturated rings. The Morgan fingerprint density at radius 1 is 1.47 bits per heavy atom. The molecule has 2 rings (SSSR count). The Morgan fingerprint density at radius 3 is 3.00 bits per heavy atom. The third-order valence-electron chi connectivity index (χ3n) is 2.47. The highest BCUT2D eigenvalue weighted by Crippen LogP contribution is 2.23. The van der Waals surface area contributed by atoms with Crippen LogP contribution in [0.15, 0.2) is 30.5 Å². The fraction of sp³-hybridized carbons (Fsp3) is 0.333. The van der Waals surface area contributed by atoms with Crippen molar-refractivity contribution in [1.82, 2.24) is 15.0 Å². The number of benzene rings is 1. The molecule has 1 aromatic carbocycles. The number of halogens is 2. The van der Waals surface area contributed by atoms with Gasteiger partial charge in [-0.05, 0) is 24.1 Å². The van der Waals surface area contributed by atoms with Crippen LogP contribution in [0, 0.1) is 5.82 Å². The van der Waals surface area contributed by atoms with E-state index in [1.165, 1.54) is 12.1 Å². The van der Waals surface area contributed by atoms with E-state index >= 15 is 0 Å². The first-order valence-corrected chi connectivity index (χ1v) is 6.39. The number of alkyl halides is 1. The summed E-state index contributed by atoms with van der Waals surface area (Å²) in [7, 11) is 0. The molecule has 1 aromatic heterocycles. The van der Waals surface area contributed by atoms with Gasteiger partial charge in [-0.15, -0.1) is 5.10 Å². The largest absolute Gasteiger partial charge is 0.248 e. The highest BCUT2D eigenvalue weighted by Gasteiger charge is 2.09. The maximum Gasteiger partial charge on any atom is 0.123 e. The topological polar surface area (TPSA) is 30.7 Å². The van der Waals surface area contributed by atoms with Crippen molar-refractivity contribution in [3.63, 3.8) is 0 Å². The molecule has 3 nitrogen and oxygen atoms in total. The molecule has 0 saturated carbocycles. The average molecular weight is 298 g/mol. The first kappa shape index (κ1) is 12.2. The molecule has 1 heterocycles. The minimum atomic E-state index is -0.227. The SMILES string of the molecule is CCC(Br)c1cn(Cc2cccc(F)c2)nn1. The van der Waals surface area contributed by atoms with Crippen molar-refractivity contribution in [3.8, 4) is 0 Å². The smallest absolute Gasteiger partial charge is 0.123 e. The van der Waals surface area contributed by atoms with Crippen LogP contribution in [0.3, 0.4) is 0 Å². The van der Waals surface area contributed by atoms with Crippen molar-refractivity contribution in [2.24, 2.45) is 0 Å². The van der Waals surface area contributed by atoms with Gasteiger partial charge in [0.25, 0.3) is 0 Å².